The second-order valence-electron chi connectivity index (χ2n) is 3.25. The maximum atomic E-state index is 11.6. The van der Waals surface area contributed by atoms with Crippen LogP contribution in [0.1, 0.15) is 31.2 Å². The Bertz CT molecular complexity index is 591. The van der Waals surface area contributed by atoms with E-state index in [9.17, 15) is 9.59 Å². The fourth-order valence-corrected chi connectivity index (χ4v) is 1.80. The third kappa shape index (κ3) is 2.69. The molecular weight excluding hydrogens is 260 g/mol. The zero-order chi connectivity index (χ0) is 13.1. The Morgan fingerprint density at radius 1 is 1.56 bits per heavy atom. The van der Waals surface area contributed by atoms with Crippen LogP contribution in [-0.2, 0) is 6.54 Å². The smallest absolute Gasteiger partial charge is 0.365 e. The Balaban J connectivity index is 1.97. The van der Waals surface area contributed by atoms with Crippen molar-refractivity contribution in [3.8, 4) is 0 Å². The van der Waals surface area contributed by atoms with E-state index in [0.717, 1.165) is 11.3 Å². The number of aromatic nitrogens is 3. The predicted octanol–water partition coefficient (Wildman–Crippen LogP) is 0.463. The topological polar surface area (TPSA) is 118 Å². The molecule has 0 radical (unpaired) electrons. The van der Waals surface area contributed by atoms with Gasteiger partial charge in [0.15, 0.2) is 5.82 Å². The summed E-state index contributed by atoms with van der Waals surface area (Å²) >= 11 is 0.800. The number of aromatic carboxylic acids is 1. The predicted molar refractivity (Wildman–Crippen MR) is 59.3 cm³/mol. The van der Waals surface area contributed by atoms with E-state index in [2.05, 4.69) is 20.4 Å². The van der Waals surface area contributed by atoms with Crippen LogP contribution in [0.5, 0.6) is 0 Å². The zero-order valence-corrected chi connectivity index (χ0v) is 10.0. The molecule has 8 nitrogen and oxygen atoms in total. The van der Waals surface area contributed by atoms with Crippen molar-refractivity contribution in [1.82, 2.24) is 20.4 Å². The molecule has 0 saturated carbocycles. The monoisotopic (exact) mass is 268 g/mol. The van der Waals surface area contributed by atoms with Crippen molar-refractivity contribution in [2.75, 3.05) is 0 Å². The van der Waals surface area contributed by atoms with Gasteiger partial charge in [-0.3, -0.25) is 4.79 Å². The van der Waals surface area contributed by atoms with Crippen LogP contribution in [0.25, 0.3) is 0 Å². The summed E-state index contributed by atoms with van der Waals surface area (Å²) in [6, 6.07) is 0. The largest absolute Gasteiger partial charge is 0.476 e. The molecule has 2 heterocycles. The number of rotatable bonds is 4. The number of nitrogens with one attached hydrogen (secondary N) is 1. The SMILES string of the molecule is Cc1noc(CNC(=O)c2cnc(C(=O)O)s2)n1. The lowest BCUT2D eigenvalue weighted by atomic mass is 10.5. The van der Waals surface area contributed by atoms with Crippen LogP contribution in [0.4, 0.5) is 0 Å². The van der Waals surface area contributed by atoms with Crippen LogP contribution in [0, 0.1) is 6.92 Å². The lowest BCUT2D eigenvalue weighted by Crippen LogP contribution is -2.21. The van der Waals surface area contributed by atoms with E-state index >= 15 is 0 Å². The summed E-state index contributed by atoms with van der Waals surface area (Å²) in [4.78, 5) is 30.0. The quantitative estimate of drug-likeness (QED) is 0.826. The number of carboxylic acids is 1. The van der Waals surface area contributed by atoms with E-state index in [1.54, 1.807) is 6.92 Å². The van der Waals surface area contributed by atoms with Gasteiger partial charge in [0.2, 0.25) is 10.9 Å². The van der Waals surface area contributed by atoms with E-state index in [0.29, 0.717) is 5.82 Å². The second-order valence-corrected chi connectivity index (χ2v) is 4.28. The van der Waals surface area contributed by atoms with Crippen LogP contribution in [0.15, 0.2) is 10.7 Å². The van der Waals surface area contributed by atoms with Gasteiger partial charge in [0.05, 0.1) is 12.7 Å². The molecule has 0 unspecified atom stereocenters. The number of nitrogens with zero attached hydrogens (tertiary/aromatic N) is 3. The van der Waals surface area contributed by atoms with Crippen molar-refractivity contribution < 1.29 is 19.2 Å². The third-order valence-electron chi connectivity index (χ3n) is 1.88. The van der Waals surface area contributed by atoms with Crippen LogP contribution in [0.2, 0.25) is 0 Å². The molecule has 0 fully saturated rings. The van der Waals surface area contributed by atoms with Crippen LogP contribution >= 0.6 is 11.3 Å². The van der Waals surface area contributed by atoms with Crippen molar-refractivity contribution in [2.24, 2.45) is 0 Å². The summed E-state index contributed by atoms with van der Waals surface area (Å²) in [5.41, 5.74) is 0. The lowest BCUT2D eigenvalue weighted by molar-refractivity contribution is 0.0696. The fourth-order valence-electron chi connectivity index (χ4n) is 1.13. The molecule has 0 spiro atoms. The summed E-state index contributed by atoms with van der Waals surface area (Å²) in [6.07, 6.45) is 1.21. The molecule has 0 bridgehead atoms. The zero-order valence-electron chi connectivity index (χ0n) is 9.21. The Morgan fingerprint density at radius 2 is 2.33 bits per heavy atom. The average molecular weight is 268 g/mol. The summed E-state index contributed by atoms with van der Waals surface area (Å²) in [5, 5.41) is 14.6. The van der Waals surface area contributed by atoms with Gasteiger partial charge in [-0.1, -0.05) is 5.16 Å². The lowest BCUT2D eigenvalue weighted by Gasteiger charge is -1.97. The standard InChI is InChI=1S/C9H8N4O4S/c1-4-12-6(17-13-4)3-10-7(14)5-2-11-8(18-5)9(15)16/h2H,3H2,1H3,(H,10,14)(H,15,16). The van der Waals surface area contributed by atoms with Gasteiger partial charge in [-0.15, -0.1) is 11.3 Å². The van der Waals surface area contributed by atoms with Gasteiger partial charge < -0.3 is 14.9 Å². The number of amides is 1. The van der Waals surface area contributed by atoms with Gasteiger partial charge in [0, 0.05) is 0 Å². The first-order chi connectivity index (χ1) is 8.56. The molecule has 0 aromatic carbocycles. The van der Waals surface area contributed by atoms with Crippen molar-refractivity contribution in [1.29, 1.82) is 0 Å². The highest BCUT2D eigenvalue weighted by Crippen LogP contribution is 2.12. The van der Waals surface area contributed by atoms with Gasteiger partial charge in [-0.25, -0.2) is 9.78 Å². The van der Waals surface area contributed by atoms with E-state index in [1.807, 2.05) is 0 Å². The Kier molecular flexibility index (Phi) is 3.33. The maximum absolute atomic E-state index is 11.6. The van der Waals surface area contributed by atoms with Gasteiger partial charge in [0.1, 0.15) is 4.88 Å². The van der Waals surface area contributed by atoms with Crippen molar-refractivity contribution in [2.45, 2.75) is 13.5 Å². The Hall–Kier alpha value is -2.29. The highest BCUT2D eigenvalue weighted by atomic mass is 32.1. The number of aryl methyl sites for hydroxylation is 1. The fraction of sp³-hybridized carbons (Fsp3) is 0.222. The minimum Gasteiger partial charge on any atom is -0.476 e. The van der Waals surface area contributed by atoms with E-state index in [-0.39, 0.29) is 22.3 Å². The molecule has 2 aromatic heterocycles. The minimum atomic E-state index is -1.16. The second kappa shape index (κ2) is 4.92. The summed E-state index contributed by atoms with van der Waals surface area (Å²) in [7, 11) is 0. The highest BCUT2D eigenvalue weighted by molar-refractivity contribution is 7.15. The molecule has 18 heavy (non-hydrogen) atoms. The number of carboxylic acid groups (broad SMARTS) is 1. The maximum Gasteiger partial charge on any atom is 0.365 e. The van der Waals surface area contributed by atoms with Crippen molar-refractivity contribution in [3.05, 3.63) is 27.8 Å². The first-order valence-electron chi connectivity index (χ1n) is 4.83. The van der Waals surface area contributed by atoms with Gasteiger partial charge in [-0.2, -0.15) is 4.98 Å². The molecule has 0 aliphatic rings. The van der Waals surface area contributed by atoms with E-state index < -0.39 is 11.9 Å². The van der Waals surface area contributed by atoms with Crippen molar-refractivity contribution in [3.63, 3.8) is 0 Å². The molecule has 0 aliphatic carbocycles. The summed E-state index contributed by atoms with van der Waals surface area (Å²) in [5.74, 6) is -0.837. The highest BCUT2D eigenvalue weighted by Gasteiger charge is 2.15. The van der Waals surface area contributed by atoms with Crippen LogP contribution in [0.3, 0.4) is 0 Å². The molecule has 0 atom stereocenters. The first kappa shape index (κ1) is 12.2. The molecule has 2 rings (SSSR count). The number of carbonyl (C=O) groups excluding carboxylic acids is 1. The molecule has 9 heteroatoms. The average Bonchev–Trinajstić information content (AvgIpc) is 2.94. The molecule has 0 aliphatic heterocycles. The number of hydrogen-bond acceptors (Lipinski definition) is 7. The number of thiazole rings is 1. The Labute approximate surface area is 105 Å². The molecule has 1 amide bonds. The van der Waals surface area contributed by atoms with Crippen molar-refractivity contribution >= 4 is 23.2 Å². The number of carbonyl (C=O) groups is 2. The summed E-state index contributed by atoms with van der Waals surface area (Å²) in [6.45, 7) is 1.75. The summed E-state index contributed by atoms with van der Waals surface area (Å²) < 4.78 is 4.81. The molecule has 2 N–H and O–H groups in total. The minimum absolute atomic E-state index is 0.0833. The van der Waals surface area contributed by atoms with Gasteiger partial charge in [-0.05, 0) is 6.92 Å². The molecule has 2 aromatic rings. The molecule has 0 saturated heterocycles. The van der Waals surface area contributed by atoms with E-state index in [1.165, 1.54) is 6.20 Å². The Morgan fingerprint density at radius 3 is 2.89 bits per heavy atom. The van der Waals surface area contributed by atoms with Gasteiger partial charge >= 0.3 is 5.97 Å². The van der Waals surface area contributed by atoms with Crippen LogP contribution in [-0.4, -0.2) is 32.1 Å². The molecule has 94 valence electrons. The third-order valence-corrected chi connectivity index (χ3v) is 2.87. The normalized spacial score (nSPS) is 10.3. The number of hydrogen-bond donors (Lipinski definition) is 2. The van der Waals surface area contributed by atoms with E-state index in [4.69, 9.17) is 9.63 Å². The van der Waals surface area contributed by atoms with Gasteiger partial charge in [0.25, 0.3) is 5.91 Å². The first-order valence-corrected chi connectivity index (χ1v) is 5.64. The molecular formula is C9H8N4O4S. The van der Waals surface area contributed by atoms with Crippen LogP contribution < -0.4 is 5.32 Å².